The second-order valence-electron chi connectivity index (χ2n) is 7.14. The van der Waals surface area contributed by atoms with Crippen LogP contribution in [0.2, 0.25) is 0 Å². The molecule has 2 heterocycles. The van der Waals surface area contributed by atoms with Crippen LogP contribution < -0.4 is 19.5 Å². The standard InChI is InChI=1S/C21H24FN3O4/c1-27-18-4-2-15(10-17(18)22)12-24-6-8-25(9-7-24)13-21(26)23-16-3-5-19-20(11-16)29-14-28-19/h2-5,10-11H,6-9,12-14H2,1H3,(H,23,26). The normalized spacial score (nSPS) is 16.6. The number of nitrogens with one attached hydrogen (secondary N) is 1. The van der Waals surface area contributed by atoms with Crippen molar-refractivity contribution >= 4 is 11.6 Å². The van der Waals surface area contributed by atoms with Gasteiger partial charge >= 0.3 is 0 Å². The first kappa shape index (κ1) is 19.5. The molecule has 0 saturated carbocycles. The summed E-state index contributed by atoms with van der Waals surface area (Å²) in [6.07, 6.45) is 0. The number of amides is 1. The highest BCUT2D eigenvalue weighted by Crippen LogP contribution is 2.34. The monoisotopic (exact) mass is 401 g/mol. The van der Waals surface area contributed by atoms with Crippen molar-refractivity contribution in [2.45, 2.75) is 6.54 Å². The summed E-state index contributed by atoms with van der Waals surface area (Å²) >= 11 is 0. The van der Waals surface area contributed by atoms with E-state index in [1.54, 1.807) is 24.3 Å². The van der Waals surface area contributed by atoms with Crippen molar-refractivity contribution in [3.05, 3.63) is 47.8 Å². The van der Waals surface area contributed by atoms with Crippen LogP contribution in [-0.2, 0) is 11.3 Å². The number of carbonyl (C=O) groups excluding carboxylic acids is 1. The van der Waals surface area contributed by atoms with E-state index in [1.807, 2.05) is 6.07 Å². The summed E-state index contributed by atoms with van der Waals surface area (Å²) in [5.41, 5.74) is 1.61. The highest BCUT2D eigenvalue weighted by atomic mass is 19.1. The summed E-state index contributed by atoms with van der Waals surface area (Å²) in [7, 11) is 1.46. The molecule has 0 aliphatic carbocycles. The van der Waals surface area contributed by atoms with E-state index < -0.39 is 0 Å². The average molecular weight is 401 g/mol. The zero-order valence-corrected chi connectivity index (χ0v) is 16.3. The maximum Gasteiger partial charge on any atom is 0.238 e. The molecule has 2 aromatic rings. The highest BCUT2D eigenvalue weighted by Gasteiger charge is 2.20. The predicted octanol–water partition coefficient (Wildman–Crippen LogP) is 2.32. The lowest BCUT2D eigenvalue weighted by Gasteiger charge is -2.34. The second kappa shape index (κ2) is 8.67. The second-order valence-corrected chi connectivity index (χ2v) is 7.14. The number of halogens is 1. The molecule has 0 spiro atoms. The molecule has 4 rings (SSSR count). The number of nitrogens with zero attached hydrogens (tertiary/aromatic N) is 2. The average Bonchev–Trinajstić information content (AvgIpc) is 3.17. The quantitative estimate of drug-likeness (QED) is 0.802. The fourth-order valence-corrected chi connectivity index (χ4v) is 3.55. The molecule has 7 nitrogen and oxygen atoms in total. The van der Waals surface area contributed by atoms with Gasteiger partial charge < -0.3 is 19.5 Å². The Kier molecular flexibility index (Phi) is 5.82. The topological polar surface area (TPSA) is 63.3 Å². The van der Waals surface area contributed by atoms with E-state index in [1.165, 1.54) is 13.2 Å². The Morgan fingerprint density at radius 1 is 1.07 bits per heavy atom. The van der Waals surface area contributed by atoms with Crippen LogP contribution in [-0.4, -0.2) is 62.3 Å². The first-order valence-electron chi connectivity index (χ1n) is 9.57. The minimum Gasteiger partial charge on any atom is -0.494 e. The summed E-state index contributed by atoms with van der Waals surface area (Å²) in [6, 6.07) is 10.4. The molecule has 0 bridgehead atoms. The molecule has 2 aliphatic rings. The predicted molar refractivity (Wildman–Crippen MR) is 106 cm³/mol. The highest BCUT2D eigenvalue weighted by molar-refractivity contribution is 5.92. The lowest BCUT2D eigenvalue weighted by molar-refractivity contribution is -0.117. The van der Waals surface area contributed by atoms with Gasteiger partial charge in [0.2, 0.25) is 12.7 Å². The van der Waals surface area contributed by atoms with Crippen LogP contribution in [0.4, 0.5) is 10.1 Å². The molecule has 0 atom stereocenters. The Balaban J connectivity index is 1.23. The number of rotatable bonds is 6. The maximum absolute atomic E-state index is 13.9. The number of ether oxygens (including phenoxy) is 3. The van der Waals surface area contributed by atoms with Gasteiger partial charge in [-0.25, -0.2) is 4.39 Å². The van der Waals surface area contributed by atoms with Crippen molar-refractivity contribution in [1.82, 2.24) is 9.80 Å². The fourth-order valence-electron chi connectivity index (χ4n) is 3.55. The third-order valence-electron chi connectivity index (χ3n) is 5.11. The van der Waals surface area contributed by atoms with Gasteiger partial charge in [0, 0.05) is 44.5 Å². The Bertz CT molecular complexity index is 884. The smallest absolute Gasteiger partial charge is 0.238 e. The van der Waals surface area contributed by atoms with E-state index in [-0.39, 0.29) is 24.3 Å². The first-order valence-corrected chi connectivity index (χ1v) is 9.57. The molecule has 1 fully saturated rings. The number of fused-ring (bicyclic) bond motifs is 1. The van der Waals surface area contributed by atoms with Crippen molar-refractivity contribution in [3.63, 3.8) is 0 Å². The Morgan fingerprint density at radius 3 is 2.59 bits per heavy atom. The molecule has 8 heteroatoms. The summed E-state index contributed by atoms with van der Waals surface area (Å²) in [5, 5.41) is 2.90. The van der Waals surface area contributed by atoms with Crippen molar-refractivity contribution in [3.8, 4) is 17.2 Å². The van der Waals surface area contributed by atoms with Gasteiger partial charge in [-0.1, -0.05) is 6.07 Å². The minimum absolute atomic E-state index is 0.0606. The number of piperazine rings is 1. The van der Waals surface area contributed by atoms with E-state index in [4.69, 9.17) is 14.2 Å². The SMILES string of the molecule is COc1ccc(CN2CCN(CC(=O)Nc3ccc4c(c3)OCO4)CC2)cc1F. The zero-order valence-electron chi connectivity index (χ0n) is 16.3. The van der Waals surface area contributed by atoms with E-state index >= 15 is 0 Å². The van der Waals surface area contributed by atoms with Gasteiger partial charge in [-0.15, -0.1) is 0 Å². The molecular formula is C21H24FN3O4. The lowest BCUT2D eigenvalue weighted by Crippen LogP contribution is -2.48. The summed E-state index contributed by atoms with van der Waals surface area (Å²) in [4.78, 5) is 16.7. The molecule has 29 heavy (non-hydrogen) atoms. The number of benzene rings is 2. The molecule has 0 radical (unpaired) electrons. The van der Waals surface area contributed by atoms with Crippen LogP contribution in [0.3, 0.4) is 0 Å². The van der Waals surface area contributed by atoms with E-state index in [0.717, 1.165) is 31.7 Å². The molecule has 154 valence electrons. The van der Waals surface area contributed by atoms with Crippen LogP contribution in [0.5, 0.6) is 17.2 Å². The molecule has 1 N–H and O–H groups in total. The van der Waals surface area contributed by atoms with Crippen LogP contribution in [0.25, 0.3) is 0 Å². The largest absolute Gasteiger partial charge is 0.494 e. The zero-order chi connectivity index (χ0) is 20.2. The molecule has 1 amide bonds. The Hall–Kier alpha value is -2.84. The summed E-state index contributed by atoms with van der Waals surface area (Å²) in [5.74, 6) is 1.19. The van der Waals surface area contributed by atoms with Gasteiger partial charge in [0.15, 0.2) is 23.1 Å². The van der Waals surface area contributed by atoms with E-state index in [9.17, 15) is 9.18 Å². The van der Waals surface area contributed by atoms with Gasteiger partial charge in [-0.3, -0.25) is 14.6 Å². The molecule has 0 aromatic heterocycles. The van der Waals surface area contributed by atoms with Gasteiger partial charge in [-0.05, 0) is 29.8 Å². The molecule has 1 saturated heterocycles. The summed E-state index contributed by atoms with van der Waals surface area (Å²) in [6.45, 7) is 4.44. The fraction of sp³-hybridized carbons (Fsp3) is 0.381. The van der Waals surface area contributed by atoms with E-state index in [0.29, 0.717) is 30.3 Å². The van der Waals surface area contributed by atoms with Gasteiger partial charge in [0.05, 0.1) is 13.7 Å². The lowest BCUT2D eigenvalue weighted by atomic mass is 10.2. The van der Waals surface area contributed by atoms with Crippen molar-refractivity contribution in [1.29, 1.82) is 0 Å². The minimum atomic E-state index is -0.344. The van der Waals surface area contributed by atoms with Gasteiger partial charge in [0.25, 0.3) is 0 Å². The number of anilines is 1. The van der Waals surface area contributed by atoms with Crippen LogP contribution in [0.1, 0.15) is 5.56 Å². The first-order chi connectivity index (χ1) is 14.1. The number of carbonyl (C=O) groups is 1. The van der Waals surface area contributed by atoms with Crippen molar-refractivity contribution < 1.29 is 23.4 Å². The van der Waals surface area contributed by atoms with Crippen molar-refractivity contribution in [2.24, 2.45) is 0 Å². The van der Waals surface area contributed by atoms with E-state index in [2.05, 4.69) is 15.1 Å². The molecular weight excluding hydrogens is 377 g/mol. The number of methoxy groups -OCH3 is 1. The van der Waals surface area contributed by atoms with Crippen LogP contribution in [0, 0.1) is 5.82 Å². The Morgan fingerprint density at radius 2 is 1.83 bits per heavy atom. The van der Waals surface area contributed by atoms with Gasteiger partial charge in [-0.2, -0.15) is 0 Å². The molecule has 2 aliphatic heterocycles. The number of hydrogen-bond donors (Lipinski definition) is 1. The third-order valence-corrected chi connectivity index (χ3v) is 5.11. The van der Waals surface area contributed by atoms with Crippen LogP contribution in [0.15, 0.2) is 36.4 Å². The summed E-state index contributed by atoms with van der Waals surface area (Å²) < 4.78 is 29.4. The van der Waals surface area contributed by atoms with Gasteiger partial charge in [0.1, 0.15) is 0 Å². The van der Waals surface area contributed by atoms with Crippen molar-refractivity contribution in [2.75, 3.05) is 51.9 Å². The molecule has 0 unspecified atom stereocenters. The third kappa shape index (κ3) is 4.78. The number of hydrogen-bond acceptors (Lipinski definition) is 6. The van der Waals surface area contributed by atoms with Crippen LogP contribution >= 0.6 is 0 Å². The Labute approximate surface area is 168 Å². The molecule has 2 aromatic carbocycles. The maximum atomic E-state index is 13.9.